The maximum Gasteiger partial charge on any atom is 0.234 e. The van der Waals surface area contributed by atoms with E-state index < -0.39 is 0 Å². The van der Waals surface area contributed by atoms with Crippen LogP contribution in [0.5, 0.6) is 0 Å². The lowest BCUT2D eigenvalue weighted by atomic mass is 9.98. The van der Waals surface area contributed by atoms with Crippen LogP contribution in [0.15, 0.2) is 90.1 Å². The van der Waals surface area contributed by atoms with Gasteiger partial charge in [-0.15, -0.1) is 10.2 Å². The van der Waals surface area contributed by atoms with E-state index in [-0.39, 0.29) is 17.2 Å². The first-order valence-corrected chi connectivity index (χ1v) is 11.7. The average Bonchev–Trinajstić information content (AvgIpc) is 3.38. The Hall–Kier alpha value is -3.16. The highest BCUT2D eigenvalue weighted by Crippen LogP contribution is 2.31. The molecule has 2 aromatic heterocycles. The first-order valence-electron chi connectivity index (χ1n) is 10.0. The largest absolute Gasteiger partial charge is 0.344 e. The maximum absolute atomic E-state index is 13.2. The summed E-state index contributed by atoms with van der Waals surface area (Å²) in [5, 5.41) is 12.3. The Morgan fingerprint density at radius 2 is 1.52 bits per heavy atom. The Balaban J connectivity index is 1.40. The number of rotatable bonds is 6. The van der Waals surface area contributed by atoms with Crippen molar-refractivity contribution in [2.75, 3.05) is 0 Å². The summed E-state index contributed by atoms with van der Waals surface area (Å²) in [4.78, 5) is 14.0. The van der Waals surface area contributed by atoms with Crippen molar-refractivity contribution in [2.24, 2.45) is 0 Å². The number of fused-ring (bicyclic) bond motifs is 3. The minimum absolute atomic E-state index is 0.0426. The normalized spacial score (nSPS) is 12.5. The molecular weight excluding hydrogens is 424 g/mol. The fraction of sp³-hybridized carbons (Fsp3) is 0.125. The molecule has 0 saturated heterocycles. The molecule has 1 atom stereocenters. The van der Waals surface area contributed by atoms with Crippen molar-refractivity contribution in [3.8, 4) is 0 Å². The van der Waals surface area contributed by atoms with Gasteiger partial charge in [-0.1, -0.05) is 95.9 Å². The van der Waals surface area contributed by atoms with Crippen molar-refractivity contribution < 1.29 is 4.79 Å². The van der Waals surface area contributed by atoms with E-state index in [2.05, 4.69) is 27.6 Å². The predicted octanol–water partition coefficient (Wildman–Crippen LogP) is 5.33. The van der Waals surface area contributed by atoms with Crippen LogP contribution < -0.4 is 5.32 Å². The van der Waals surface area contributed by atoms with Gasteiger partial charge in [0.25, 0.3) is 0 Å². The molecule has 1 unspecified atom stereocenters. The number of hydrogen-bond acceptors (Lipinski definition) is 5. The molecule has 31 heavy (non-hydrogen) atoms. The van der Waals surface area contributed by atoms with Gasteiger partial charge in [0.15, 0.2) is 5.16 Å². The molecule has 5 nitrogen and oxygen atoms in total. The molecule has 2 heterocycles. The van der Waals surface area contributed by atoms with Gasteiger partial charge in [-0.2, -0.15) is 0 Å². The number of carbonyl (C=O) groups is 1. The summed E-state index contributed by atoms with van der Waals surface area (Å²) in [5.74, 6) is -0.0426. The van der Waals surface area contributed by atoms with Crippen LogP contribution in [0.1, 0.15) is 24.1 Å². The molecule has 0 fully saturated rings. The fourth-order valence-corrected chi connectivity index (χ4v) is 5.45. The molecule has 1 amide bonds. The quantitative estimate of drug-likeness (QED) is 0.360. The first-order chi connectivity index (χ1) is 15.2. The smallest absolute Gasteiger partial charge is 0.234 e. The van der Waals surface area contributed by atoms with Crippen molar-refractivity contribution in [2.45, 2.75) is 23.4 Å². The van der Waals surface area contributed by atoms with E-state index in [4.69, 9.17) is 0 Å². The minimum Gasteiger partial charge on any atom is -0.344 e. The topological polar surface area (TPSA) is 59.3 Å². The summed E-state index contributed by atoms with van der Waals surface area (Å²) in [5.41, 5.74) is 3.16. The molecule has 0 saturated carbocycles. The number of amides is 1. The Morgan fingerprint density at radius 3 is 2.19 bits per heavy atom. The lowest BCUT2D eigenvalue weighted by molar-refractivity contribution is -0.120. The number of thiazole rings is 1. The molecule has 0 spiro atoms. The van der Waals surface area contributed by atoms with Gasteiger partial charge in [0.1, 0.15) is 0 Å². The fourth-order valence-electron chi connectivity index (χ4n) is 3.55. The first kappa shape index (κ1) is 19.8. The van der Waals surface area contributed by atoms with Gasteiger partial charge in [0.2, 0.25) is 10.9 Å². The molecule has 5 aromatic rings. The highest BCUT2D eigenvalue weighted by Gasteiger charge is 2.23. The third-order valence-corrected chi connectivity index (χ3v) is 7.17. The summed E-state index contributed by atoms with van der Waals surface area (Å²) in [6, 6.07) is 28.0. The van der Waals surface area contributed by atoms with Crippen molar-refractivity contribution in [1.29, 1.82) is 0 Å². The van der Waals surface area contributed by atoms with Crippen molar-refractivity contribution in [3.05, 3.63) is 96.1 Å². The van der Waals surface area contributed by atoms with Gasteiger partial charge in [0, 0.05) is 0 Å². The average molecular weight is 445 g/mol. The molecule has 0 bridgehead atoms. The van der Waals surface area contributed by atoms with E-state index in [0.29, 0.717) is 0 Å². The van der Waals surface area contributed by atoms with Crippen LogP contribution >= 0.6 is 23.1 Å². The standard InChI is InChI=1S/C24H20N4OS2/c1-16(30-23-26-27-24-28(23)19-14-8-9-15-20(19)31-24)22(29)25-21(17-10-4-2-5-11-17)18-12-6-3-7-13-18/h2-16,21H,1H3,(H,25,29). The molecule has 0 aliphatic carbocycles. The number of nitrogens with one attached hydrogen (secondary N) is 1. The monoisotopic (exact) mass is 444 g/mol. The van der Waals surface area contributed by atoms with Crippen LogP contribution in [0.25, 0.3) is 15.2 Å². The second-order valence-corrected chi connectivity index (χ2v) is 9.51. The molecule has 154 valence electrons. The summed E-state index contributed by atoms with van der Waals surface area (Å²) in [6.07, 6.45) is 0. The molecule has 3 aromatic carbocycles. The van der Waals surface area contributed by atoms with E-state index in [9.17, 15) is 4.79 Å². The third kappa shape index (κ3) is 3.94. The van der Waals surface area contributed by atoms with Crippen LogP contribution in [0.3, 0.4) is 0 Å². The van der Waals surface area contributed by atoms with Crippen LogP contribution in [-0.2, 0) is 4.79 Å². The third-order valence-electron chi connectivity index (χ3n) is 5.11. The van der Waals surface area contributed by atoms with Gasteiger partial charge in [-0.05, 0) is 30.2 Å². The number of aromatic nitrogens is 3. The highest BCUT2D eigenvalue weighted by atomic mass is 32.2. The molecular formula is C24H20N4OS2. The van der Waals surface area contributed by atoms with E-state index in [1.807, 2.05) is 84.1 Å². The molecule has 0 aliphatic rings. The number of hydrogen-bond donors (Lipinski definition) is 1. The lowest BCUT2D eigenvalue weighted by Gasteiger charge is -2.21. The SMILES string of the molecule is CC(Sc1nnc2sc3ccccc3n12)C(=O)NC(c1ccccc1)c1ccccc1. The zero-order valence-corrected chi connectivity index (χ0v) is 18.4. The molecule has 5 rings (SSSR count). The molecule has 0 radical (unpaired) electrons. The van der Waals surface area contributed by atoms with E-state index in [0.717, 1.165) is 31.5 Å². The summed E-state index contributed by atoms with van der Waals surface area (Å²) in [6.45, 7) is 1.91. The van der Waals surface area contributed by atoms with E-state index in [1.54, 1.807) is 11.3 Å². The van der Waals surface area contributed by atoms with E-state index >= 15 is 0 Å². The van der Waals surface area contributed by atoms with Gasteiger partial charge >= 0.3 is 0 Å². The Bertz CT molecular complexity index is 1290. The number of benzene rings is 3. The zero-order valence-electron chi connectivity index (χ0n) is 16.8. The lowest BCUT2D eigenvalue weighted by Crippen LogP contribution is -2.35. The van der Waals surface area contributed by atoms with Gasteiger partial charge in [-0.25, -0.2) is 0 Å². The number of thioether (sulfide) groups is 1. The summed E-state index contributed by atoms with van der Waals surface area (Å²) in [7, 11) is 0. The zero-order chi connectivity index (χ0) is 21.2. The number of carbonyl (C=O) groups excluding carboxylic acids is 1. The second kappa shape index (κ2) is 8.53. The van der Waals surface area contributed by atoms with Crippen LogP contribution in [0, 0.1) is 0 Å². The molecule has 1 N–H and O–H groups in total. The highest BCUT2D eigenvalue weighted by molar-refractivity contribution is 8.00. The second-order valence-electron chi connectivity index (χ2n) is 7.19. The van der Waals surface area contributed by atoms with Crippen LogP contribution in [-0.4, -0.2) is 25.8 Å². The number of para-hydroxylation sites is 1. The number of nitrogens with zero attached hydrogens (tertiary/aromatic N) is 3. The van der Waals surface area contributed by atoms with Gasteiger partial charge in [-0.3, -0.25) is 9.20 Å². The predicted molar refractivity (Wildman–Crippen MR) is 127 cm³/mol. The summed E-state index contributed by atoms with van der Waals surface area (Å²) >= 11 is 3.02. The van der Waals surface area contributed by atoms with Crippen LogP contribution in [0.2, 0.25) is 0 Å². The Kier molecular flexibility index (Phi) is 5.44. The van der Waals surface area contributed by atoms with Crippen molar-refractivity contribution in [3.63, 3.8) is 0 Å². The van der Waals surface area contributed by atoms with Gasteiger partial charge < -0.3 is 5.32 Å². The molecule has 7 heteroatoms. The van der Waals surface area contributed by atoms with Crippen molar-refractivity contribution in [1.82, 2.24) is 19.9 Å². The summed E-state index contributed by atoms with van der Waals surface area (Å²) < 4.78 is 3.18. The van der Waals surface area contributed by atoms with Crippen LogP contribution in [0.4, 0.5) is 0 Å². The van der Waals surface area contributed by atoms with Crippen molar-refractivity contribution >= 4 is 44.2 Å². The molecule has 0 aliphatic heterocycles. The Labute approximate surface area is 188 Å². The minimum atomic E-state index is -0.332. The Morgan fingerprint density at radius 1 is 0.903 bits per heavy atom. The van der Waals surface area contributed by atoms with Gasteiger partial charge in [0.05, 0.1) is 21.5 Å². The van der Waals surface area contributed by atoms with E-state index in [1.165, 1.54) is 11.8 Å². The maximum atomic E-state index is 13.2.